The van der Waals surface area contributed by atoms with Crippen LogP contribution in [0.15, 0.2) is 0 Å². The van der Waals surface area contributed by atoms with Crippen molar-refractivity contribution in [2.24, 2.45) is 17.1 Å². The molecule has 0 amide bonds. The van der Waals surface area contributed by atoms with Crippen molar-refractivity contribution in [2.75, 3.05) is 6.54 Å². The van der Waals surface area contributed by atoms with Crippen LogP contribution in [0.1, 0.15) is 65.2 Å². The van der Waals surface area contributed by atoms with Gasteiger partial charge in [0.25, 0.3) is 0 Å². The molecule has 0 aromatic rings. The summed E-state index contributed by atoms with van der Waals surface area (Å²) in [6.45, 7) is 5.66. The molecular weight excluding hydrogens is 170 g/mol. The van der Waals surface area contributed by atoms with E-state index in [2.05, 4.69) is 13.8 Å². The zero-order valence-electron chi connectivity index (χ0n) is 10.0. The lowest BCUT2D eigenvalue weighted by atomic mass is 9.78. The average Bonchev–Trinajstić information content (AvgIpc) is 2.19. The SMILES string of the molecule is CC1CCCCC(C)(CN)CCCC1. The van der Waals surface area contributed by atoms with Crippen molar-refractivity contribution in [3.05, 3.63) is 0 Å². The summed E-state index contributed by atoms with van der Waals surface area (Å²) in [6, 6.07) is 0. The van der Waals surface area contributed by atoms with E-state index in [1.165, 1.54) is 51.4 Å². The van der Waals surface area contributed by atoms with Crippen LogP contribution >= 0.6 is 0 Å². The second-order valence-corrected chi connectivity index (χ2v) is 5.61. The Bertz CT molecular complexity index is 141. The first-order valence-electron chi connectivity index (χ1n) is 6.36. The van der Waals surface area contributed by atoms with E-state index in [1.807, 2.05) is 0 Å². The first kappa shape index (κ1) is 12.0. The van der Waals surface area contributed by atoms with Gasteiger partial charge in [-0.25, -0.2) is 0 Å². The predicted octanol–water partition coefficient (Wildman–Crippen LogP) is 3.72. The fourth-order valence-corrected chi connectivity index (χ4v) is 2.56. The monoisotopic (exact) mass is 197 g/mol. The van der Waals surface area contributed by atoms with Gasteiger partial charge in [0.15, 0.2) is 0 Å². The second kappa shape index (κ2) is 5.75. The molecule has 0 bridgehead atoms. The van der Waals surface area contributed by atoms with Gasteiger partial charge in [0, 0.05) is 0 Å². The van der Waals surface area contributed by atoms with Crippen LogP contribution in [0.25, 0.3) is 0 Å². The van der Waals surface area contributed by atoms with Crippen LogP contribution in [-0.4, -0.2) is 6.54 Å². The Balaban J connectivity index is 2.38. The zero-order chi connectivity index (χ0) is 10.4. The molecule has 1 rings (SSSR count). The fourth-order valence-electron chi connectivity index (χ4n) is 2.56. The van der Waals surface area contributed by atoms with Crippen LogP contribution in [0.4, 0.5) is 0 Å². The third kappa shape index (κ3) is 4.00. The summed E-state index contributed by atoms with van der Waals surface area (Å²) in [6.07, 6.45) is 11.2. The van der Waals surface area contributed by atoms with Crippen LogP contribution in [0.3, 0.4) is 0 Å². The molecule has 0 aromatic carbocycles. The average molecular weight is 197 g/mol. The van der Waals surface area contributed by atoms with Crippen molar-refractivity contribution in [1.82, 2.24) is 0 Å². The smallest absolute Gasteiger partial charge is 0.00232 e. The molecule has 1 saturated carbocycles. The molecule has 0 atom stereocenters. The summed E-state index contributed by atoms with van der Waals surface area (Å²) in [7, 11) is 0. The first-order chi connectivity index (χ1) is 6.66. The highest BCUT2D eigenvalue weighted by molar-refractivity contribution is 4.76. The van der Waals surface area contributed by atoms with Crippen molar-refractivity contribution < 1.29 is 0 Å². The van der Waals surface area contributed by atoms with Crippen LogP contribution < -0.4 is 5.73 Å². The minimum atomic E-state index is 0.445. The lowest BCUT2D eigenvalue weighted by Crippen LogP contribution is -2.27. The Morgan fingerprint density at radius 3 is 2.00 bits per heavy atom. The third-order valence-electron chi connectivity index (χ3n) is 3.95. The van der Waals surface area contributed by atoms with E-state index in [1.54, 1.807) is 0 Å². The molecule has 84 valence electrons. The molecule has 1 nitrogen and oxygen atoms in total. The standard InChI is InChI=1S/C13H27N/c1-12-7-3-5-9-13(2,11-14)10-6-4-8-12/h12H,3-11,14H2,1-2H3. The van der Waals surface area contributed by atoms with Gasteiger partial charge in [-0.1, -0.05) is 52.4 Å². The van der Waals surface area contributed by atoms with Crippen molar-refractivity contribution >= 4 is 0 Å². The maximum absolute atomic E-state index is 5.88. The molecule has 0 radical (unpaired) electrons. The summed E-state index contributed by atoms with van der Waals surface area (Å²) in [5.41, 5.74) is 6.32. The van der Waals surface area contributed by atoms with E-state index in [9.17, 15) is 0 Å². The number of hydrogen-bond acceptors (Lipinski definition) is 1. The molecule has 0 saturated heterocycles. The Morgan fingerprint density at radius 1 is 1.07 bits per heavy atom. The van der Waals surface area contributed by atoms with Gasteiger partial charge in [-0.15, -0.1) is 0 Å². The topological polar surface area (TPSA) is 26.0 Å². The van der Waals surface area contributed by atoms with E-state index >= 15 is 0 Å². The molecule has 2 N–H and O–H groups in total. The second-order valence-electron chi connectivity index (χ2n) is 5.61. The predicted molar refractivity (Wildman–Crippen MR) is 63.3 cm³/mol. The normalized spacial score (nSPS) is 36.6. The number of nitrogens with two attached hydrogens (primary N) is 1. The van der Waals surface area contributed by atoms with Crippen molar-refractivity contribution in [2.45, 2.75) is 65.2 Å². The minimum absolute atomic E-state index is 0.445. The van der Waals surface area contributed by atoms with Crippen LogP contribution in [-0.2, 0) is 0 Å². The molecule has 1 fully saturated rings. The number of hydrogen-bond donors (Lipinski definition) is 1. The summed E-state index contributed by atoms with van der Waals surface area (Å²) in [4.78, 5) is 0. The third-order valence-corrected chi connectivity index (χ3v) is 3.95. The molecule has 1 heteroatoms. The van der Waals surface area contributed by atoms with Gasteiger partial charge >= 0.3 is 0 Å². The zero-order valence-corrected chi connectivity index (χ0v) is 10.0. The molecule has 14 heavy (non-hydrogen) atoms. The van der Waals surface area contributed by atoms with Crippen molar-refractivity contribution in [1.29, 1.82) is 0 Å². The molecule has 0 aliphatic heterocycles. The molecule has 0 heterocycles. The van der Waals surface area contributed by atoms with Gasteiger partial charge in [-0.05, 0) is 30.7 Å². The van der Waals surface area contributed by atoms with E-state index in [0.29, 0.717) is 5.41 Å². The number of rotatable bonds is 1. The van der Waals surface area contributed by atoms with Crippen LogP contribution in [0.2, 0.25) is 0 Å². The summed E-state index contributed by atoms with van der Waals surface area (Å²) < 4.78 is 0. The van der Waals surface area contributed by atoms with Crippen molar-refractivity contribution in [3.8, 4) is 0 Å². The van der Waals surface area contributed by atoms with Crippen molar-refractivity contribution in [3.63, 3.8) is 0 Å². The van der Waals surface area contributed by atoms with Gasteiger partial charge in [-0.3, -0.25) is 0 Å². The molecule has 1 aliphatic rings. The largest absolute Gasteiger partial charge is 0.330 e. The highest BCUT2D eigenvalue weighted by Crippen LogP contribution is 2.32. The van der Waals surface area contributed by atoms with Gasteiger partial charge in [-0.2, -0.15) is 0 Å². The summed E-state index contributed by atoms with van der Waals surface area (Å²) in [5.74, 6) is 0.956. The Labute approximate surface area is 89.5 Å². The fraction of sp³-hybridized carbons (Fsp3) is 1.00. The molecular formula is C13H27N. The van der Waals surface area contributed by atoms with Gasteiger partial charge in [0.1, 0.15) is 0 Å². The van der Waals surface area contributed by atoms with Crippen LogP contribution in [0.5, 0.6) is 0 Å². The van der Waals surface area contributed by atoms with E-state index in [0.717, 1.165) is 12.5 Å². The minimum Gasteiger partial charge on any atom is -0.330 e. The quantitative estimate of drug-likeness (QED) is 0.681. The van der Waals surface area contributed by atoms with Gasteiger partial charge < -0.3 is 5.73 Å². The first-order valence-corrected chi connectivity index (χ1v) is 6.36. The lowest BCUT2D eigenvalue weighted by molar-refractivity contribution is 0.246. The Hall–Kier alpha value is -0.0400. The Morgan fingerprint density at radius 2 is 1.57 bits per heavy atom. The lowest BCUT2D eigenvalue weighted by Gasteiger charge is -2.29. The molecule has 1 aliphatic carbocycles. The molecule has 0 spiro atoms. The summed E-state index contributed by atoms with van der Waals surface area (Å²) >= 11 is 0. The van der Waals surface area contributed by atoms with E-state index < -0.39 is 0 Å². The van der Waals surface area contributed by atoms with Gasteiger partial charge in [0.05, 0.1) is 0 Å². The van der Waals surface area contributed by atoms with E-state index in [4.69, 9.17) is 5.73 Å². The van der Waals surface area contributed by atoms with Crippen LogP contribution in [0, 0.1) is 11.3 Å². The highest BCUT2D eigenvalue weighted by Gasteiger charge is 2.22. The molecule has 0 unspecified atom stereocenters. The summed E-state index contributed by atoms with van der Waals surface area (Å²) in [5, 5.41) is 0. The highest BCUT2D eigenvalue weighted by atomic mass is 14.6. The van der Waals surface area contributed by atoms with E-state index in [-0.39, 0.29) is 0 Å². The maximum Gasteiger partial charge on any atom is -0.00232 e. The van der Waals surface area contributed by atoms with Gasteiger partial charge in [0.2, 0.25) is 0 Å². The Kier molecular flexibility index (Phi) is 4.94. The maximum atomic E-state index is 5.88. The molecule has 0 aromatic heterocycles.